The number of hydrogen-bond acceptors (Lipinski definition) is 5. The molecule has 0 radical (unpaired) electrons. The zero-order valence-corrected chi connectivity index (χ0v) is 15.4. The highest BCUT2D eigenvalue weighted by Gasteiger charge is 2.40. The molecular weight excluding hydrogens is 308 g/mol. The summed E-state index contributed by atoms with van der Waals surface area (Å²) in [5, 5.41) is 28.6. The van der Waals surface area contributed by atoms with E-state index >= 15 is 0 Å². The Morgan fingerprint density at radius 3 is 1.92 bits per heavy atom. The van der Waals surface area contributed by atoms with Gasteiger partial charge in [-0.3, -0.25) is 0 Å². The van der Waals surface area contributed by atoms with E-state index in [1.807, 2.05) is 0 Å². The first-order chi connectivity index (χ1) is 11.7. The minimum absolute atomic E-state index is 0.101. The van der Waals surface area contributed by atoms with Crippen LogP contribution >= 0.6 is 0 Å². The van der Waals surface area contributed by atoms with Crippen molar-refractivity contribution in [3.8, 4) is 0 Å². The Hall–Kier alpha value is -0.200. The van der Waals surface area contributed by atoms with E-state index in [1.54, 1.807) is 0 Å². The lowest BCUT2D eigenvalue weighted by Crippen LogP contribution is -2.42. The zero-order chi connectivity index (χ0) is 17.6. The molecule has 0 aromatic carbocycles. The van der Waals surface area contributed by atoms with Crippen LogP contribution < -0.4 is 0 Å². The Morgan fingerprint density at radius 2 is 1.46 bits per heavy atom. The quantitative estimate of drug-likeness (QED) is 0.397. The molecule has 24 heavy (non-hydrogen) atoms. The Balaban J connectivity index is 1.92. The smallest absolute Gasteiger partial charge is 0.114 e. The van der Waals surface area contributed by atoms with Crippen molar-refractivity contribution < 1.29 is 24.8 Å². The summed E-state index contributed by atoms with van der Waals surface area (Å²) in [4.78, 5) is 0. The maximum Gasteiger partial charge on any atom is 0.114 e. The minimum Gasteiger partial charge on any atom is -0.394 e. The molecule has 1 heterocycles. The monoisotopic (exact) mass is 346 g/mol. The van der Waals surface area contributed by atoms with Gasteiger partial charge in [0.25, 0.3) is 0 Å². The number of hydrogen-bond donors (Lipinski definition) is 3. The lowest BCUT2D eigenvalue weighted by molar-refractivity contribution is -0.101. The summed E-state index contributed by atoms with van der Waals surface area (Å²) in [6.07, 6.45) is 11.1. The second-order valence-electron chi connectivity index (χ2n) is 6.98. The molecular formula is C19H38O5. The van der Waals surface area contributed by atoms with Crippen LogP contribution in [0, 0.1) is 0 Å². The van der Waals surface area contributed by atoms with E-state index in [1.165, 1.54) is 57.8 Å². The Bertz CT molecular complexity index is 287. The van der Waals surface area contributed by atoms with Crippen molar-refractivity contribution in [1.29, 1.82) is 0 Å². The average Bonchev–Trinajstić information content (AvgIpc) is 2.92. The maximum atomic E-state index is 9.78. The molecule has 0 amide bonds. The van der Waals surface area contributed by atoms with Crippen molar-refractivity contribution in [2.45, 2.75) is 102 Å². The summed E-state index contributed by atoms with van der Waals surface area (Å²) in [5.74, 6) is 0. The number of ether oxygens (including phenoxy) is 2. The zero-order valence-electron chi connectivity index (χ0n) is 15.4. The van der Waals surface area contributed by atoms with Gasteiger partial charge in [0.05, 0.1) is 13.2 Å². The third kappa shape index (κ3) is 8.77. The molecule has 0 aromatic rings. The average molecular weight is 347 g/mol. The van der Waals surface area contributed by atoms with Crippen molar-refractivity contribution in [1.82, 2.24) is 0 Å². The summed E-state index contributed by atoms with van der Waals surface area (Å²) in [7, 11) is 0. The Morgan fingerprint density at radius 1 is 0.917 bits per heavy atom. The van der Waals surface area contributed by atoms with Gasteiger partial charge in [-0.15, -0.1) is 0 Å². The number of rotatable bonds is 15. The molecule has 3 N–H and O–H groups in total. The summed E-state index contributed by atoms with van der Waals surface area (Å²) < 4.78 is 10.9. The fourth-order valence-electron chi connectivity index (χ4n) is 3.21. The van der Waals surface area contributed by atoms with Crippen LogP contribution in [-0.2, 0) is 9.47 Å². The van der Waals surface area contributed by atoms with Gasteiger partial charge in [-0.2, -0.15) is 0 Å². The molecule has 0 spiro atoms. The highest BCUT2D eigenvalue weighted by atomic mass is 16.6. The van der Waals surface area contributed by atoms with Gasteiger partial charge in [-0.25, -0.2) is 0 Å². The van der Waals surface area contributed by atoms with Crippen LogP contribution in [0.1, 0.15) is 77.6 Å². The molecule has 4 atom stereocenters. The van der Waals surface area contributed by atoms with Crippen LogP contribution in [0.15, 0.2) is 0 Å². The predicted molar refractivity (Wildman–Crippen MR) is 95.0 cm³/mol. The van der Waals surface area contributed by atoms with Crippen molar-refractivity contribution in [2.75, 3.05) is 19.8 Å². The topological polar surface area (TPSA) is 79.2 Å². The van der Waals surface area contributed by atoms with Crippen molar-refractivity contribution in [2.24, 2.45) is 0 Å². The van der Waals surface area contributed by atoms with Crippen molar-refractivity contribution in [3.05, 3.63) is 0 Å². The van der Waals surface area contributed by atoms with Crippen LogP contribution in [0.2, 0.25) is 0 Å². The van der Waals surface area contributed by atoms with E-state index < -0.39 is 24.4 Å². The molecule has 1 rings (SSSR count). The molecule has 0 aliphatic carbocycles. The molecule has 1 fully saturated rings. The fourth-order valence-corrected chi connectivity index (χ4v) is 3.21. The van der Waals surface area contributed by atoms with Gasteiger partial charge in [0.2, 0.25) is 0 Å². The van der Waals surface area contributed by atoms with Gasteiger partial charge in [-0.05, 0) is 6.42 Å². The lowest BCUT2D eigenvalue weighted by Gasteiger charge is -2.24. The van der Waals surface area contributed by atoms with Crippen LogP contribution in [0.4, 0.5) is 0 Å². The van der Waals surface area contributed by atoms with Gasteiger partial charge in [-0.1, -0.05) is 71.1 Å². The molecule has 5 heteroatoms. The van der Waals surface area contributed by atoms with Crippen molar-refractivity contribution in [3.63, 3.8) is 0 Å². The van der Waals surface area contributed by atoms with Crippen LogP contribution in [0.5, 0.6) is 0 Å². The summed E-state index contributed by atoms with van der Waals surface area (Å²) >= 11 is 0. The predicted octanol–water partition coefficient (Wildman–Crippen LogP) is 2.80. The molecule has 5 nitrogen and oxygen atoms in total. The second kappa shape index (κ2) is 14.0. The second-order valence-corrected chi connectivity index (χ2v) is 6.98. The molecule has 1 aliphatic heterocycles. The lowest BCUT2D eigenvalue weighted by atomic mass is 10.1. The Labute approximate surface area is 147 Å². The first-order valence-electron chi connectivity index (χ1n) is 9.90. The maximum absolute atomic E-state index is 9.78. The highest BCUT2D eigenvalue weighted by molar-refractivity contribution is 4.88. The van der Waals surface area contributed by atoms with Crippen LogP contribution in [0.25, 0.3) is 0 Å². The number of aliphatic hydroxyl groups is 3. The third-order valence-electron chi connectivity index (χ3n) is 4.82. The fraction of sp³-hybridized carbons (Fsp3) is 1.00. The van der Waals surface area contributed by atoms with E-state index in [2.05, 4.69) is 6.92 Å². The van der Waals surface area contributed by atoms with Gasteiger partial charge < -0.3 is 24.8 Å². The molecule has 0 saturated carbocycles. The molecule has 0 unspecified atom stereocenters. The molecule has 1 saturated heterocycles. The number of unbranched alkanes of at least 4 members (excludes halogenated alkanes) is 10. The van der Waals surface area contributed by atoms with Gasteiger partial charge in [0, 0.05) is 6.61 Å². The SMILES string of the molecule is CCCCCCCCCCCCCO[C@@H](CO)[C@@H]1OC[C@@H](O)[C@@H]1O. The standard InChI is InChI=1S/C19H38O5/c1-2-3-4-5-6-7-8-9-10-11-12-13-23-17(14-20)19-18(22)16(21)15-24-19/h16-22H,2-15H2,1H3/t16-,17+,18+,19+/m1/s1. The summed E-state index contributed by atoms with van der Waals surface area (Å²) in [6, 6.07) is 0. The van der Waals surface area contributed by atoms with E-state index in [9.17, 15) is 15.3 Å². The third-order valence-corrected chi connectivity index (χ3v) is 4.82. The summed E-state index contributed by atoms with van der Waals surface area (Å²) in [6.45, 7) is 2.71. The molecule has 0 aromatic heterocycles. The van der Waals surface area contributed by atoms with E-state index in [0.717, 1.165) is 12.8 Å². The normalized spacial score (nSPS) is 25.2. The summed E-state index contributed by atoms with van der Waals surface area (Å²) in [5.41, 5.74) is 0. The Kier molecular flexibility index (Phi) is 12.8. The van der Waals surface area contributed by atoms with Crippen LogP contribution in [0.3, 0.4) is 0 Å². The van der Waals surface area contributed by atoms with Gasteiger partial charge in [0.15, 0.2) is 0 Å². The van der Waals surface area contributed by atoms with Gasteiger partial charge in [0.1, 0.15) is 24.4 Å². The largest absolute Gasteiger partial charge is 0.394 e. The molecule has 0 bridgehead atoms. The number of aliphatic hydroxyl groups excluding tert-OH is 3. The first kappa shape index (κ1) is 21.8. The van der Waals surface area contributed by atoms with E-state index in [4.69, 9.17) is 9.47 Å². The van der Waals surface area contributed by atoms with Crippen molar-refractivity contribution >= 4 is 0 Å². The van der Waals surface area contributed by atoms with Crippen LogP contribution in [-0.4, -0.2) is 59.6 Å². The molecule has 144 valence electrons. The molecule has 1 aliphatic rings. The minimum atomic E-state index is -0.973. The van der Waals surface area contributed by atoms with E-state index in [-0.39, 0.29) is 13.2 Å². The highest BCUT2D eigenvalue weighted by Crippen LogP contribution is 2.20. The van der Waals surface area contributed by atoms with Gasteiger partial charge >= 0.3 is 0 Å². The first-order valence-corrected chi connectivity index (χ1v) is 9.90. The van der Waals surface area contributed by atoms with E-state index in [0.29, 0.717) is 6.61 Å².